The summed E-state index contributed by atoms with van der Waals surface area (Å²) in [7, 11) is 1.63. The van der Waals surface area contributed by atoms with Gasteiger partial charge in [-0.2, -0.15) is 0 Å². The summed E-state index contributed by atoms with van der Waals surface area (Å²) in [5.74, 6) is 0.525. The molecule has 0 saturated carbocycles. The monoisotopic (exact) mass is 266 g/mol. The zero-order valence-corrected chi connectivity index (χ0v) is 11.8. The molecule has 0 N–H and O–H groups in total. The minimum absolute atomic E-state index is 0.280. The van der Waals surface area contributed by atoms with E-state index in [0.29, 0.717) is 19.6 Å². The van der Waals surface area contributed by atoms with Crippen LogP contribution >= 0.6 is 0 Å². The first-order valence-corrected chi connectivity index (χ1v) is 6.62. The molecule has 4 nitrogen and oxygen atoms in total. The van der Waals surface area contributed by atoms with Gasteiger partial charge in [-0.1, -0.05) is 25.5 Å². The van der Waals surface area contributed by atoms with Crippen LogP contribution in [0.1, 0.15) is 32.3 Å². The maximum absolute atomic E-state index is 11.7. The van der Waals surface area contributed by atoms with E-state index in [2.05, 4.69) is 0 Å². The Labute approximate surface area is 114 Å². The van der Waals surface area contributed by atoms with Crippen LogP contribution in [0.2, 0.25) is 0 Å². The van der Waals surface area contributed by atoms with E-state index < -0.39 is 6.10 Å². The minimum Gasteiger partial charge on any atom is -0.497 e. The molecule has 0 amide bonds. The second kappa shape index (κ2) is 8.53. The van der Waals surface area contributed by atoms with Crippen molar-refractivity contribution in [3.63, 3.8) is 0 Å². The number of hydrogen-bond donors (Lipinski definition) is 0. The largest absolute Gasteiger partial charge is 0.497 e. The summed E-state index contributed by atoms with van der Waals surface area (Å²) in [4.78, 5) is 11.7. The summed E-state index contributed by atoms with van der Waals surface area (Å²) >= 11 is 0. The highest BCUT2D eigenvalue weighted by atomic mass is 16.6. The number of methoxy groups -OCH3 is 1. The van der Waals surface area contributed by atoms with E-state index in [4.69, 9.17) is 14.2 Å². The Kier molecular flexibility index (Phi) is 6.97. The fourth-order valence-corrected chi connectivity index (χ4v) is 1.69. The van der Waals surface area contributed by atoms with Crippen molar-refractivity contribution in [2.24, 2.45) is 0 Å². The van der Waals surface area contributed by atoms with Crippen LogP contribution in [0.3, 0.4) is 0 Å². The summed E-state index contributed by atoms with van der Waals surface area (Å²) in [6.45, 7) is 4.59. The Hall–Kier alpha value is -1.55. The highest BCUT2D eigenvalue weighted by Crippen LogP contribution is 2.14. The molecule has 1 aromatic rings. The van der Waals surface area contributed by atoms with Crippen molar-refractivity contribution in [1.82, 2.24) is 0 Å². The van der Waals surface area contributed by atoms with Crippen molar-refractivity contribution in [3.05, 3.63) is 29.8 Å². The standard InChI is InChI=1S/C15H22O4/c1-4-6-14(15(16)18-5-2)19-11-12-7-9-13(17-3)10-8-12/h7-10,14H,4-6,11H2,1-3H3. The molecule has 0 aliphatic heterocycles. The molecule has 1 aromatic carbocycles. The Morgan fingerprint density at radius 3 is 2.42 bits per heavy atom. The normalized spacial score (nSPS) is 11.9. The fraction of sp³-hybridized carbons (Fsp3) is 0.533. The average Bonchev–Trinajstić information content (AvgIpc) is 2.44. The molecule has 1 rings (SSSR count). The average molecular weight is 266 g/mol. The number of esters is 1. The SMILES string of the molecule is CCCC(OCc1ccc(OC)cc1)C(=O)OCC. The van der Waals surface area contributed by atoms with Crippen LogP contribution in [-0.2, 0) is 20.9 Å². The Balaban J connectivity index is 2.52. The van der Waals surface area contributed by atoms with Gasteiger partial charge >= 0.3 is 5.97 Å². The smallest absolute Gasteiger partial charge is 0.335 e. The van der Waals surface area contributed by atoms with E-state index in [1.165, 1.54) is 0 Å². The van der Waals surface area contributed by atoms with Crippen LogP contribution in [0.5, 0.6) is 5.75 Å². The lowest BCUT2D eigenvalue weighted by Crippen LogP contribution is -2.26. The van der Waals surface area contributed by atoms with Gasteiger partial charge in [0.15, 0.2) is 6.10 Å². The summed E-state index contributed by atoms with van der Waals surface area (Å²) in [6.07, 6.45) is 1.08. The second-order valence-electron chi connectivity index (χ2n) is 4.19. The van der Waals surface area contributed by atoms with E-state index in [0.717, 1.165) is 17.7 Å². The molecule has 0 spiro atoms. The summed E-state index contributed by atoms with van der Waals surface area (Å²) < 4.78 is 15.7. The molecule has 0 aromatic heterocycles. The molecule has 0 heterocycles. The lowest BCUT2D eigenvalue weighted by molar-refractivity contribution is -0.158. The third-order valence-corrected chi connectivity index (χ3v) is 2.71. The Morgan fingerprint density at radius 2 is 1.89 bits per heavy atom. The molecule has 1 unspecified atom stereocenters. The molecule has 0 aliphatic carbocycles. The molecule has 0 bridgehead atoms. The van der Waals surface area contributed by atoms with Gasteiger partial charge in [-0.15, -0.1) is 0 Å². The van der Waals surface area contributed by atoms with Gasteiger partial charge < -0.3 is 14.2 Å². The van der Waals surface area contributed by atoms with Gasteiger partial charge in [0.05, 0.1) is 20.3 Å². The van der Waals surface area contributed by atoms with Crippen LogP contribution in [0, 0.1) is 0 Å². The van der Waals surface area contributed by atoms with Crippen molar-refractivity contribution < 1.29 is 19.0 Å². The molecule has 0 aliphatic rings. The van der Waals surface area contributed by atoms with E-state index in [9.17, 15) is 4.79 Å². The first-order chi connectivity index (χ1) is 9.21. The van der Waals surface area contributed by atoms with Gasteiger partial charge in [-0.05, 0) is 31.0 Å². The number of benzene rings is 1. The number of carbonyl (C=O) groups is 1. The van der Waals surface area contributed by atoms with Gasteiger partial charge in [-0.25, -0.2) is 4.79 Å². The zero-order chi connectivity index (χ0) is 14.1. The molecule has 4 heteroatoms. The van der Waals surface area contributed by atoms with E-state index in [1.807, 2.05) is 31.2 Å². The molecule has 106 valence electrons. The summed E-state index contributed by atoms with van der Waals surface area (Å²) in [5, 5.41) is 0. The Bertz CT molecular complexity index is 372. The maximum atomic E-state index is 11.7. The van der Waals surface area contributed by atoms with Gasteiger partial charge in [-0.3, -0.25) is 0 Å². The number of ether oxygens (including phenoxy) is 3. The molecular formula is C15H22O4. The van der Waals surface area contributed by atoms with Gasteiger partial charge in [0.25, 0.3) is 0 Å². The highest BCUT2D eigenvalue weighted by molar-refractivity contribution is 5.74. The molecule has 0 fully saturated rings. The summed E-state index contributed by atoms with van der Waals surface area (Å²) in [6, 6.07) is 7.59. The zero-order valence-electron chi connectivity index (χ0n) is 11.8. The topological polar surface area (TPSA) is 44.8 Å². The van der Waals surface area contributed by atoms with Crippen LogP contribution < -0.4 is 4.74 Å². The fourth-order valence-electron chi connectivity index (χ4n) is 1.69. The van der Waals surface area contributed by atoms with Crippen molar-refractivity contribution in [2.75, 3.05) is 13.7 Å². The molecular weight excluding hydrogens is 244 g/mol. The van der Waals surface area contributed by atoms with E-state index in [-0.39, 0.29) is 5.97 Å². The number of hydrogen-bond acceptors (Lipinski definition) is 4. The van der Waals surface area contributed by atoms with Crippen molar-refractivity contribution in [1.29, 1.82) is 0 Å². The lowest BCUT2D eigenvalue weighted by Gasteiger charge is -2.15. The van der Waals surface area contributed by atoms with Crippen LogP contribution in [-0.4, -0.2) is 25.8 Å². The highest BCUT2D eigenvalue weighted by Gasteiger charge is 2.19. The number of rotatable bonds is 8. The minimum atomic E-state index is -0.480. The Morgan fingerprint density at radius 1 is 1.21 bits per heavy atom. The van der Waals surface area contributed by atoms with Gasteiger partial charge in [0.2, 0.25) is 0 Å². The molecule has 19 heavy (non-hydrogen) atoms. The predicted molar refractivity (Wildman–Crippen MR) is 73.1 cm³/mol. The van der Waals surface area contributed by atoms with E-state index >= 15 is 0 Å². The third-order valence-electron chi connectivity index (χ3n) is 2.71. The van der Waals surface area contributed by atoms with Crippen molar-refractivity contribution in [3.8, 4) is 5.75 Å². The van der Waals surface area contributed by atoms with Crippen LogP contribution in [0.4, 0.5) is 0 Å². The first-order valence-electron chi connectivity index (χ1n) is 6.62. The lowest BCUT2D eigenvalue weighted by atomic mass is 10.2. The quantitative estimate of drug-likeness (QED) is 0.679. The first kappa shape index (κ1) is 15.5. The van der Waals surface area contributed by atoms with Gasteiger partial charge in [0.1, 0.15) is 5.75 Å². The second-order valence-corrected chi connectivity index (χ2v) is 4.19. The molecule has 0 saturated heterocycles. The molecule has 0 radical (unpaired) electrons. The summed E-state index contributed by atoms with van der Waals surface area (Å²) in [5.41, 5.74) is 1.01. The maximum Gasteiger partial charge on any atom is 0.335 e. The van der Waals surface area contributed by atoms with Crippen molar-refractivity contribution >= 4 is 5.97 Å². The molecule has 1 atom stereocenters. The predicted octanol–water partition coefficient (Wildman–Crippen LogP) is 2.94. The van der Waals surface area contributed by atoms with E-state index in [1.54, 1.807) is 14.0 Å². The van der Waals surface area contributed by atoms with Crippen LogP contribution in [0.25, 0.3) is 0 Å². The van der Waals surface area contributed by atoms with Crippen molar-refractivity contribution in [2.45, 2.75) is 39.4 Å². The van der Waals surface area contributed by atoms with Gasteiger partial charge in [0, 0.05) is 0 Å². The van der Waals surface area contributed by atoms with Crippen LogP contribution in [0.15, 0.2) is 24.3 Å². The third kappa shape index (κ3) is 5.30. The number of carbonyl (C=O) groups excluding carboxylic acids is 1.